The first-order valence-corrected chi connectivity index (χ1v) is 26.9. The van der Waals surface area contributed by atoms with E-state index in [9.17, 15) is 24.9 Å². The minimum absolute atomic E-state index is 0.0704. The molecule has 0 bridgehead atoms. The van der Waals surface area contributed by atoms with E-state index >= 15 is 0 Å². The number of unbranched alkanes of at least 4 members (excludes halogenated alkanes) is 2. The summed E-state index contributed by atoms with van der Waals surface area (Å²) in [6.07, 6.45) is 17.3. The maximum atomic E-state index is 12.6. The van der Waals surface area contributed by atoms with Crippen LogP contribution in [0.15, 0.2) is 109 Å². The molecule has 0 unspecified atom stereocenters. The molecule has 0 aromatic heterocycles. The van der Waals surface area contributed by atoms with Crippen LogP contribution >= 0.6 is 0 Å². The molecule has 1 aliphatic heterocycles. The van der Waals surface area contributed by atoms with Crippen molar-refractivity contribution in [1.82, 2.24) is 4.90 Å². The summed E-state index contributed by atoms with van der Waals surface area (Å²) in [4.78, 5) is 26.5. The molecule has 0 spiro atoms. The number of carbonyl (C=O) groups excluding carboxylic acids is 2. The number of carbonyl (C=O) groups is 2. The number of phenolic OH excluding ortho intramolecular Hbond substituents is 1. The summed E-state index contributed by atoms with van der Waals surface area (Å²) in [6.45, 7) is 26.4. The molecule has 6 rings (SSSR count). The van der Waals surface area contributed by atoms with Crippen molar-refractivity contribution in [1.29, 1.82) is 0 Å². The summed E-state index contributed by atoms with van der Waals surface area (Å²) in [5.74, 6) is 0.868. The van der Waals surface area contributed by atoms with Crippen molar-refractivity contribution in [3.05, 3.63) is 176 Å². The van der Waals surface area contributed by atoms with Gasteiger partial charge in [0, 0.05) is 17.4 Å². The number of rotatable bonds is 23. The first kappa shape index (κ1) is 57.1. The molecule has 0 saturated carbocycles. The average Bonchev–Trinajstić information content (AvgIpc) is 3.64. The van der Waals surface area contributed by atoms with Gasteiger partial charge in [0.05, 0.1) is 28.9 Å². The van der Waals surface area contributed by atoms with Gasteiger partial charge < -0.3 is 20.1 Å². The summed E-state index contributed by atoms with van der Waals surface area (Å²) >= 11 is 0. The molecule has 3 N–H and O–H groups in total. The van der Waals surface area contributed by atoms with E-state index in [0.717, 1.165) is 72.9 Å². The topological polar surface area (TPSA) is 107 Å². The predicted octanol–water partition coefficient (Wildman–Crippen LogP) is 15.5. The van der Waals surface area contributed by atoms with E-state index in [4.69, 9.17) is 4.74 Å². The van der Waals surface area contributed by atoms with Crippen LogP contribution in [0.4, 0.5) is 0 Å². The zero-order valence-corrected chi connectivity index (χ0v) is 45.8. The number of phenols is 1. The fourth-order valence-corrected chi connectivity index (χ4v) is 10.5. The SMILES string of the molecule is CCC(O)(/C=C/c1ccc(C(CC)(CC)c2ccc(O)c(C)c2)cc1C)CC.CCC(O)(/C=C/c1ccc(C(CC)(CC)c2ccc(OCCCCCN3C(=O)c4ccccc4C3=O)c(C)c2)cc1C)CC. The zero-order chi connectivity index (χ0) is 52.9. The van der Waals surface area contributed by atoms with Gasteiger partial charge in [-0.1, -0.05) is 152 Å². The number of hydrogen-bond donors (Lipinski definition) is 3. The molecule has 5 aromatic rings. The number of amides is 2. The Morgan fingerprint density at radius 3 is 1.28 bits per heavy atom. The maximum absolute atomic E-state index is 12.6. The fourth-order valence-electron chi connectivity index (χ4n) is 10.5. The third kappa shape index (κ3) is 12.7. The minimum atomic E-state index is -0.759. The predicted molar refractivity (Wildman–Crippen MR) is 299 cm³/mol. The van der Waals surface area contributed by atoms with Crippen molar-refractivity contribution in [3.8, 4) is 11.5 Å². The summed E-state index contributed by atoms with van der Waals surface area (Å²) < 4.78 is 6.17. The van der Waals surface area contributed by atoms with Crippen LogP contribution in [0.1, 0.15) is 202 Å². The highest BCUT2D eigenvalue weighted by Crippen LogP contribution is 2.43. The van der Waals surface area contributed by atoms with E-state index < -0.39 is 11.2 Å². The number of aliphatic hydroxyl groups is 2. The molecule has 1 heterocycles. The van der Waals surface area contributed by atoms with Crippen molar-refractivity contribution in [2.75, 3.05) is 13.2 Å². The Kier molecular flexibility index (Phi) is 20.0. The summed E-state index contributed by atoms with van der Waals surface area (Å²) in [5, 5.41) is 31.2. The van der Waals surface area contributed by atoms with Crippen molar-refractivity contribution in [3.63, 3.8) is 0 Å². The second-order valence-corrected chi connectivity index (χ2v) is 20.2. The van der Waals surface area contributed by atoms with Crippen LogP contribution in [-0.2, 0) is 10.8 Å². The highest BCUT2D eigenvalue weighted by Gasteiger charge is 2.35. The van der Waals surface area contributed by atoms with E-state index in [1.54, 1.807) is 24.3 Å². The number of aromatic hydroxyl groups is 1. The standard InChI is InChI=1S/C39H49NO4.C26H36O2/c1-7-38(43,8-2)23-22-30-18-19-31(26-28(30)5)39(9-3,10-4)32-20-21-35(29(6)27-32)44-25-15-11-14-24-40-36(41)33-16-12-13-17-34(33)37(40)42;1-7-25(28,8-2)16-15-21-11-12-22(17-19(21)5)26(9-3,10-4)23-13-14-24(27)20(6)18-23/h12-13,16-23,26-27,43H,7-11,14-15,24-25H2,1-6H3;11-18,27-28H,7-10H2,1-6H3/b23-22+;16-15+. The van der Waals surface area contributed by atoms with Gasteiger partial charge in [-0.05, 0) is 178 Å². The molecule has 0 saturated heterocycles. The molecule has 0 atom stereocenters. The first-order chi connectivity index (χ1) is 34.4. The van der Waals surface area contributed by atoms with E-state index in [0.29, 0.717) is 55.7 Å². The molecule has 1 aliphatic rings. The molecule has 5 aromatic carbocycles. The average molecular weight is 976 g/mol. The number of ether oxygens (including phenoxy) is 1. The zero-order valence-electron chi connectivity index (χ0n) is 45.8. The first-order valence-electron chi connectivity index (χ1n) is 26.9. The molecule has 0 aliphatic carbocycles. The Hall–Kier alpha value is -5.76. The smallest absolute Gasteiger partial charge is 0.261 e. The van der Waals surface area contributed by atoms with Crippen LogP contribution < -0.4 is 4.74 Å². The van der Waals surface area contributed by atoms with Crippen molar-refractivity contribution in [2.45, 2.75) is 176 Å². The Morgan fingerprint density at radius 2 is 0.889 bits per heavy atom. The Labute approximate surface area is 433 Å². The van der Waals surface area contributed by atoms with Gasteiger partial charge in [0.15, 0.2) is 0 Å². The van der Waals surface area contributed by atoms with Crippen LogP contribution in [-0.4, -0.2) is 56.4 Å². The molecular weight excluding hydrogens is 891 g/mol. The summed E-state index contributed by atoms with van der Waals surface area (Å²) in [7, 11) is 0. The normalized spacial score (nSPS) is 13.3. The third-order valence-corrected chi connectivity index (χ3v) is 16.3. The number of nitrogens with zero attached hydrogens (tertiary/aromatic N) is 1. The van der Waals surface area contributed by atoms with Crippen LogP contribution in [0.25, 0.3) is 12.2 Å². The third-order valence-electron chi connectivity index (χ3n) is 16.3. The lowest BCUT2D eigenvalue weighted by molar-refractivity contribution is 0.0650. The molecule has 0 radical (unpaired) electrons. The molecule has 2 amide bonds. The van der Waals surface area contributed by atoms with Crippen LogP contribution in [0, 0.1) is 27.7 Å². The number of imide groups is 1. The second kappa shape index (κ2) is 25.3. The summed E-state index contributed by atoms with van der Waals surface area (Å²) in [5.41, 5.74) is 11.2. The molecule has 72 heavy (non-hydrogen) atoms. The van der Waals surface area contributed by atoms with Gasteiger partial charge in [-0.2, -0.15) is 0 Å². The number of aryl methyl sites for hydroxylation is 4. The van der Waals surface area contributed by atoms with Crippen LogP contribution in [0.3, 0.4) is 0 Å². The lowest BCUT2D eigenvalue weighted by Crippen LogP contribution is -2.30. The van der Waals surface area contributed by atoms with E-state index in [1.165, 1.54) is 38.3 Å². The van der Waals surface area contributed by atoms with Gasteiger partial charge in [-0.3, -0.25) is 14.5 Å². The van der Waals surface area contributed by atoms with Gasteiger partial charge in [-0.25, -0.2) is 0 Å². The highest BCUT2D eigenvalue weighted by molar-refractivity contribution is 6.21. The van der Waals surface area contributed by atoms with Crippen molar-refractivity contribution < 1.29 is 29.6 Å². The Bertz CT molecular complexity index is 2640. The highest BCUT2D eigenvalue weighted by atomic mass is 16.5. The Balaban J connectivity index is 0.000000296. The van der Waals surface area contributed by atoms with Gasteiger partial charge >= 0.3 is 0 Å². The molecule has 7 nitrogen and oxygen atoms in total. The Morgan fingerprint density at radius 1 is 0.486 bits per heavy atom. The molecular formula is C65H85NO6. The molecule has 0 fully saturated rings. The van der Waals surface area contributed by atoms with Crippen LogP contribution in [0.5, 0.6) is 11.5 Å². The van der Waals surface area contributed by atoms with Crippen molar-refractivity contribution in [2.24, 2.45) is 0 Å². The maximum Gasteiger partial charge on any atom is 0.261 e. The molecule has 7 heteroatoms. The fraction of sp³-hybridized carbons (Fsp3) is 0.446. The van der Waals surface area contributed by atoms with Crippen LogP contribution in [0.2, 0.25) is 0 Å². The van der Waals surface area contributed by atoms with Crippen molar-refractivity contribution >= 4 is 24.0 Å². The number of hydrogen-bond acceptors (Lipinski definition) is 6. The summed E-state index contributed by atoms with van der Waals surface area (Å²) in [6, 6.07) is 33.0. The lowest BCUT2D eigenvalue weighted by atomic mass is 9.70. The minimum Gasteiger partial charge on any atom is -0.508 e. The largest absolute Gasteiger partial charge is 0.508 e. The monoisotopic (exact) mass is 976 g/mol. The van der Waals surface area contributed by atoms with Gasteiger partial charge in [0.1, 0.15) is 11.5 Å². The number of fused-ring (bicyclic) bond motifs is 1. The molecule has 386 valence electrons. The van der Waals surface area contributed by atoms with E-state index in [2.05, 4.69) is 127 Å². The van der Waals surface area contributed by atoms with Gasteiger partial charge in [0.25, 0.3) is 11.8 Å². The van der Waals surface area contributed by atoms with Gasteiger partial charge in [-0.15, -0.1) is 0 Å². The van der Waals surface area contributed by atoms with E-state index in [-0.39, 0.29) is 22.6 Å². The number of benzene rings is 5. The van der Waals surface area contributed by atoms with Gasteiger partial charge in [0.2, 0.25) is 0 Å². The second-order valence-electron chi connectivity index (χ2n) is 20.2. The quantitative estimate of drug-likeness (QED) is 0.0445. The lowest BCUT2D eigenvalue weighted by Gasteiger charge is -2.34. The van der Waals surface area contributed by atoms with E-state index in [1.807, 2.05) is 52.8 Å².